The van der Waals surface area contributed by atoms with Gasteiger partial charge in [-0.15, -0.1) is 0 Å². The zero-order valence-corrected chi connectivity index (χ0v) is 14.2. The van der Waals surface area contributed by atoms with Crippen LogP contribution < -0.4 is 5.32 Å². The van der Waals surface area contributed by atoms with E-state index in [4.69, 9.17) is 10.00 Å². The molecule has 0 unspecified atom stereocenters. The third kappa shape index (κ3) is 3.97. The summed E-state index contributed by atoms with van der Waals surface area (Å²) in [5.41, 5.74) is -0.464. The van der Waals surface area contributed by atoms with E-state index in [1.54, 1.807) is 24.3 Å². The van der Waals surface area contributed by atoms with E-state index in [1.165, 1.54) is 0 Å². The Morgan fingerprint density at radius 3 is 2.64 bits per heavy atom. The van der Waals surface area contributed by atoms with Crippen LogP contribution in [-0.2, 0) is 19.9 Å². The number of amides is 3. The summed E-state index contributed by atoms with van der Waals surface area (Å²) in [6.07, 6.45) is 1.99. The summed E-state index contributed by atoms with van der Waals surface area (Å²) in [5.74, 6) is -1.09. The van der Waals surface area contributed by atoms with Crippen molar-refractivity contribution in [3.63, 3.8) is 0 Å². The molecule has 1 aromatic carbocycles. The van der Waals surface area contributed by atoms with Gasteiger partial charge in [-0.05, 0) is 24.8 Å². The van der Waals surface area contributed by atoms with E-state index in [0.29, 0.717) is 31.2 Å². The van der Waals surface area contributed by atoms with Crippen molar-refractivity contribution in [2.45, 2.75) is 38.1 Å². The van der Waals surface area contributed by atoms with Crippen LogP contribution >= 0.6 is 0 Å². The highest BCUT2D eigenvalue weighted by atomic mass is 16.5. The maximum atomic E-state index is 12.8. The van der Waals surface area contributed by atoms with Crippen molar-refractivity contribution >= 4 is 17.9 Å². The Labute approximate surface area is 146 Å². The van der Waals surface area contributed by atoms with Crippen LogP contribution in [0.2, 0.25) is 0 Å². The number of benzene rings is 1. The fourth-order valence-corrected chi connectivity index (χ4v) is 2.80. The lowest BCUT2D eigenvalue weighted by atomic mass is 9.87. The highest BCUT2D eigenvalue weighted by molar-refractivity contribution is 6.09. The average molecular weight is 343 g/mol. The standard InChI is InChI=1S/C18H21N3O4/c1-2-18(14-9-5-3-6-10-14)16(23)21(17(24)20-18)13-15(22)25-12-8-4-7-11-19/h3,5-6,9-10H,2,4,7-8,12-13H2,1H3,(H,20,24)/t18-/m0/s1. The zero-order chi connectivity index (χ0) is 18.3. The minimum Gasteiger partial charge on any atom is -0.464 e. The first kappa shape index (κ1) is 18.5. The molecule has 1 atom stereocenters. The van der Waals surface area contributed by atoms with Gasteiger partial charge < -0.3 is 10.1 Å². The predicted molar refractivity (Wildman–Crippen MR) is 89.1 cm³/mol. The molecule has 132 valence electrons. The molecule has 0 bridgehead atoms. The van der Waals surface area contributed by atoms with Gasteiger partial charge in [-0.1, -0.05) is 37.3 Å². The number of rotatable bonds is 8. The predicted octanol–water partition coefficient (Wildman–Crippen LogP) is 2.08. The molecule has 25 heavy (non-hydrogen) atoms. The largest absolute Gasteiger partial charge is 0.464 e. The quantitative estimate of drug-likeness (QED) is 0.442. The number of hydrogen-bond donors (Lipinski definition) is 1. The highest BCUT2D eigenvalue weighted by Gasteiger charge is 2.51. The molecule has 0 spiro atoms. The number of hydrogen-bond acceptors (Lipinski definition) is 5. The van der Waals surface area contributed by atoms with Crippen molar-refractivity contribution in [1.82, 2.24) is 10.2 Å². The van der Waals surface area contributed by atoms with E-state index < -0.39 is 30.0 Å². The van der Waals surface area contributed by atoms with E-state index in [9.17, 15) is 14.4 Å². The maximum absolute atomic E-state index is 12.8. The fourth-order valence-electron chi connectivity index (χ4n) is 2.80. The SMILES string of the molecule is CC[C@@]1(c2ccccc2)NC(=O)N(CC(=O)OCCCCC#N)C1=O. The van der Waals surface area contributed by atoms with Gasteiger partial charge in [-0.2, -0.15) is 5.26 Å². The first-order valence-corrected chi connectivity index (χ1v) is 8.27. The third-order valence-corrected chi connectivity index (χ3v) is 4.21. The molecular formula is C18H21N3O4. The van der Waals surface area contributed by atoms with Gasteiger partial charge in [0.05, 0.1) is 12.7 Å². The van der Waals surface area contributed by atoms with E-state index in [-0.39, 0.29) is 6.61 Å². The second-order valence-corrected chi connectivity index (χ2v) is 5.78. The van der Waals surface area contributed by atoms with Crippen LogP contribution in [0.15, 0.2) is 30.3 Å². The number of unbranched alkanes of at least 4 members (excludes halogenated alkanes) is 2. The Balaban J connectivity index is 2.01. The molecule has 3 amide bonds. The topological polar surface area (TPSA) is 99.5 Å². The lowest BCUT2D eigenvalue weighted by Crippen LogP contribution is -2.44. The van der Waals surface area contributed by atoms with E-state index in [0.717, 1.165) is 4.90 Å². The summed E-state index contributed by atoms with van der Waals surface area (Å²) in [6.45, 7) is 1.56. The zero-order valence-electron chi connectivity index (χ0n) is 14.2. The van der Waals surface area contributed by atoms with Crippen molar-refractivity contribution in [2.75, 3.05) is 13.2 Å². The lowest BCUT2D eigenvalue weighted by molar-refractivity contribution is -0.148. The normalized spacial score (nSPS) is 19.4. The number of urea groups is 1. The maximum Gasteiger partial charge on any atom is 0.326 e. The van der Waals surface area contributed by atoms with Crippen LogP contribution in [0.1, 0.15) is 38.2 Å². The van der Waals surface area contributed by atoms with E-state index in [1.807, 2.05) is 19.1 Å². The first-order valence-electron chi connectivity index (χ1n) is 8.27. The molecule has 1 fully saturated rings. The molecule has 1 saturated heterocycles. The molecule has 1 aromatic rings. The molecule has 1 heterocycles. The Morgan fingerprint density at radius 1 is 1.28 bits per heavy atom. The third-order valence-electron chi connectivity index (χ3n) is 4.21. The van der Waals surface area contributed by atoms with Crippen LogP contribution in [0.25, 0.3) is 0 Å². The van der Waals surface area contributed by atoms with Gasteiger partial charge in [0.2, 0.25) is 0 Å². The number of nitrogens with one attached hydrogen (secondary N) is 1. The van der Waals surface area contributed by atoms with Crippen molar-refractivity contribution in [3.8, 4) is 6.07 Å². The monoisotopic (exact) mass is 343 g/mol. The molecule has 1 aliphatic rings. The van der Waals surface area contributed by atoms with Crippen LogP contribution in [0.4, 0.5) is 4.79 Å². The lowest BCUT2D eigenvalue weighted by Gasteiger charge is -2.25. The Bertz CT molecular complexity index is 683. The second-order valence-electron chi connectivity index (χ2n) is 5.78. The molecule has 0 saturated carbocycles. The van der Waals surface area contributed by atoms with Crippen LogP contribution in [-0.4, -0.2) is 36.0 Å². The highest BCUT2D eigenvalue weighted by Crippen LogP contribution is 2.32. The van der Waals surface area contributed by atoms with Gasteiger partial charge in [0, 0.05) is 6.42 Å². The molecule has 1 aliphatic heterocycles. The van der Waals surface area contributed by atoms with Gasteiger partial charge in [0.25, 0.3) is 5.91 Å². The number of ether oxygens (including phenoxy) is 1. The first-order chi connectivity index (χ1) is 12.0. The molecule has 7 heteroatoms. The number of nitrogens with zero attached hydrogens (tertiary/aromatic N) is 2. The minimum absolute atomic E-state index is 0.168. The molecule has 0 radical (unpaired) electrons. The van der Waals surface area contributed by atoms with Gasteiger partial charge in [0.15, 0.2) is 0 Å². The molecule has 7 nitrogen and oxygen atoms in total. The Kier molecular flexibility index (Phi) is 6.12. The van der Waals surface area contributed by atoms with E-state index in [2.05, 4.69) is 5.32 Å². The van der Waals surface area contributed by atoms with Crippen LogP contribution in [0.3, 0.4) is 0 Å². The smallest absolute Gasteiger partial charge is 0.326 e. The molecule has 0 aliphatic carbocycles. The summed E-state index contributed by atoms with van der Waals surface area (Å²) < 4.78 is 5.03. The summed E-state index contributed by atoms with van der Waals surface area (Å²) in [4.78, 5) is 37.8. The van der Waals surface area contributed by atoms with Gasteiger partial charge in [0.1, 0.15) is 12.1 Å². The average Bonchev–Trinajstić information content (AvgIpc) is 2.87. The molecular weight excluding hydrogens is 322 g/mol. The van der Waals surface area contributed by atoms with E-state index >= 15 is 0 Å². The summed E-state index contributed by atoms with van der Waals surface area (Å²) >= 11 is 0. The van der Waals surface area contributed by atoms with Gasteiger partial charge in [-0.3, -0.25) is 14.5 Å². The number of esters is 1. The molecule has 2 rings (SSSR count). The number of carbonyl (C=O) groups is 3. The molecule has 0 aromatic heterocycles. The van der Waals surface area contributed by atoms with Crippen molar-refractivity contribution < 1.29 is 19.1 Å². The van der Waals surface area contributed by atoms with Crippen LogP contribution in [0.5, 0.6) is 0 Å². The number of nitriles is 1. The number of carbonyl (C=O) groups excluding carboxylic acids is 3. The minimum atomic E-state index is -1.15. The van der Waals surface area contributed by atoms with Crippen LogP contribution in [0, 0.1) is 11.3 Å². The fraction of sp³-hybridized carbons (Fsp3) is 0.444. The summed E-state index contributed by atoms with van der Waals surface area (Å²) in [6, 6.07) is 10.4. The Hall–Kier alpha value is -2.88. The second kappa shape index (κ2) is 8.29. The number of imide groups is 1. The van der Waals surface area contributed by atoms with Gasteiger partial charge in [-0.25, -0.2) is 4.79 Å². The van der Waals surface area contributed by atoms with Gasteiger partial charge >= 0.3 is 12.0 Å². The molecule has 1 N–H and O–H groups in total. The van der Waals surface area contributed by atoms with Crippen molar-refractivity contribution in [1.29, 1.82) is 5.26 Å². The van der Waals surface area contributed by atoms with Crippen molar-refractivity contribution in [3.05, 3.63) is 35.9 Å². The summed E-state index contributed by atoms with van der Waals surface area (Å²) in [7, 11) is 0. The van der Waals surface area contributed by atoms with Crippen molar-refractivity contribution in [2.24, 2.45) is 0 Å². The summed E-state index contributed by atoms with van der Waals surface area (Å²) in [5, 5.41) is 11.2. The Morgan fingerprint density at radius 2 is 2.00 bits per heavy atom.